The number of anilines is 1. The maximum atomic E-state index is 11.4. The second-order valence-electron chi connectivity index (χ2n) is 4.55. The molecule has 0 fully saturated rings. The van der Waals surface area contributed by atoms with Crippen LogP contribution in [0.1, 0.15) is 12.7 Å². The fraction of sp³-hybridized carbons (Fsp3) is 0.286. The van der Waals surface area contributed by atoms with Crippen LogP contribution >= 0.6 is 0 Å². The first kappa shape index (κ1) is 14.1. The van der Waals surface area contributed by atoms with Crippen LogP contribution in [0, 0.1) is 0 Å². The van der Waals surface area contributed by atoms with Gasteiger partial charge >= 0.3 is 0 Å². The number of aromatic nitrogens is 2. The lowest BCUT2D eigenvalue weighted by atomic mass is 10.2. The Labute approximate surface area is 117 Å². The van der Waals surface area contributed by atoms with E-state index in [0.717, 1.165) is 5.82 Å². The number of ether oxygens (including phenoxy) is 1. The first-order valence-electron chi connectivity index (χ1n) is 6.32. The van der Waals surface area contributed by atoms with Crippen molar-refractivity contribution in [1.29, 1.82) is 0 Å². The Bertz CT molecular complexity index is 575. The van der Waals surface area contributed by atoms with Crippen molar-refractivity contribution in [1.82, 2.24) is 9.55 Å². The Morgan fingerprint density at radius 2 is 2.15 bits per heavy atom. The van der Waals surface area contributed by atoms with Gasteiger partial charge in [0.2, 0.25) is 5.91 Å². The van der Waals surface area contributed by atoms with E-state index in [-0.39, 0.29) is 5.91 Å². The molecule has 0 aliphatic rings. The summed E-state index contributed by atoms with van der Waals surface area (Å²) in [5, 5.41) is 2.71. The zero-order chi connectivity index (χ0) is 14.5. The fourth-order valence-corrected chi connectivity index (χ4v) is 1.57. The second kappa shape index (κ2) is 6.21. The lowest BCUT2D eigenvalue weighted by Gasteiger charge is -2.09. The monoisotopic (exact) mass is 274 g/mol. The summed E-state index contributed by atoms with van der Waals surface area (Å²) >= 11 is 0. The molecule has 2 aromatic rings. The highest BCUT2D eigenvalue weighted by atomic mass is 16.5. The van der Waals surface area contributed by atoms with Crippen LogP contribution in [0.3, 0.4) is 0 Å². The number of hydrogen-bond donors (Lipinski definition) is 2. The molecule has 0 radical (unpaired) electrons. The van der Waals surface area contributed by atoms with Crippen LogP contribution in [0.25, 0.3) is 0 Å². The lowest BCUT2D eigenvalue weighted by molar-refractivity contribution is -0.117. The summed E-state index contributed by atoms with van der Waals surface area (Å²) in [6, 6.07) is 6.59. The van der Waals surface area contributed by atoms with Gasteiger partial charge in [-0.25, -0.2) is 4.98 Å². The van der Waals surface area contributed by atoms with E-state index in [1.54, 1.807) is 37.4 Å². The molecule has 6 heteroatoms. The lowest BCUT2D eigenvalue weighted by Crippen LogP contribution is -2.32. The van der Waals surface area contributed by atoms with Crippen LogP contribution < -0.4 is 15.8 Å². The average Bonchev–Trinajstić information content (AvgIpc) is 2.83. The first-order valence-corrected chi connectivity index (χ1v) is 6.32. The van der Waals surface area contributed by atoms with E-state index in [2.05, 4.69) is 10.3 Å². The van der Waals surface area contributed by atoms with Crippen LogP contribution in [0.5, 0.6) is 5.75 Å². The van der Waals surface area contributed by atoms with Gasteiger partial charge in [-0.2, -0.15) is 0 Å². The molecule has 1 atom stereocenters. The number of rotatable bonds is 5. The molecule has 0 spiro atoms. The minimum absolute atomic E-state index is 0.216. The van der Waals surface area contributed by atoms with Gasteiger partial charge in [-0.15, -0.1) is 0 Å². The number of nitrogens with two attached hydrogens (primary N) is 1. The largest absolute Gasteiger partial charge is 0.486 e. The smallest absolute Gasteiger partial charge is 0.240 e. The third kappa shape index (κ3) is 3.58. The van der Waals surface area contributed by atoms with Gasteiger partial charge in [0.15, 0.2) is 0 Å². The fourth-order valence-electron chi connectivity index (χ4n) is 1.57. The number of hydrogen-bond acceptors (Lipinski definition) is 4. The maximum Gasteiger partial charge on any atom is 0.240 e. The minimum Gasteiger partial charge on any atom is -0.486 e. The molecule has 1 heterocycles. The quantitative estimate of drug-likeness (QED) is 0.860. The van der Waals surface area contributed by atoms with Crippen molar-refractivity contribution in [3.8, 4) is 5.75 Å². The molecule has 0 saturated carbocycles. The molecule has 1 unspecified atom stereocenters. The van der Waals surface area contributed by atoms with E-state index in [1.165, 1.54) is 0 Å². The highest BCUT2D eigenvalue weighted by Gasteiger charge is 2.07. The Kier molecular flexibility index (Phi) is 4.37. The van der Waals surface area contributed by atoms with Crippen molar-refractivity contribution >= 4 is 11.6 Å². The van der Waals surface area contributed by atoms with Crippen LogP contribution in [0.4, 0.5) is 5.69 Å². The van der Waals surface area contributed by atoms with E-state index in [0.29, 0.717) is 18.0 Å². The zero-order valence-corrected chi connectivity index (χ0v) is 11.5. The summed E-state index contributed by atoms with van der Waals surface area (Å²) in [6.45, 7) is 2.04. The van der Waals surface area contributed by atoms with Crippen LogP contribution in [-0.2, 0) is 18.4 Å². The minimum atomic E-state index is -0.533. The summed E-state index contributed by atoms with van der Waals surface area (Å²) in [5.74, 6) is 1.35. The van der Waals surface area contributed by atoms with E-state index in [4.69, 9.17) is 10.5 Å². The third-order valence-electron chi connectivity index (χ3n) is 2.82. The van der Waals surface area contributed by atoms with E-state index in [1.807, 2.05) is 17.8 Å². The summed E-state index contributed by atoms with van der Waals surface area (Å²) in [7, 11) is 1.91. The normalized spacial score (nSPS) is 11.9. The molecule has 0 saturated heterocycles. The number of carbonyl (C=O) groups is 1. The van der Waals surface area contributed by atoms with Crippen molar-refractivity contribution in [2.75, 3.05) is 5.32 Å². The highest BCUT2D eigenvalue weighted by molar-refractivity contribution is 5.94. The summed E-state index contributed by atoms with van der Waals surface area (Å²) in [6.07, 6.45) is 3.59. The van der Waals surface area contributed by atoms with Gasteiger partial charge in [0.1, 0.15) is 18.2 Å². The summed E-state index contributed by atoms with van der Waals surface area (Å²) < 4.78 is 7.52. The molecule has 106 valence electrons. The van der Waals surface area contributed by atoms with Crippen molar-refractivity contribution in [3.05, 3.63) is 42.5 Å². The van der Waals surface area contributed by atoms with Crippen LogP contribution in [-0.4, -0.2) is 21.5 Å². The zero-order valence-electron chi connectivity index (χ0n) is 11.5. The first-order chi connectivity index (χ1) is 9.56. The van der Waals surface area contributed by atoms with Gasteiger partial charge in [0.25, 0.3) is 0 Å². The number of nitrogens with one attached hydrogen (secondary N) is 1. The van der Waals surface area contributed by atoms with Gasteiger partial charge < -0.3 is 20.4 Å². The Morgan fingerprint density at radius 1 is 1.45 bits per heavy atom. The average molecular weight is 274 g/mol. The van der Waals surface area contributed by atoms with E-state index >= 15 is 0 Å². The molecule has 20 heavy (non-hydrogen) atoms. The second-order valence-corrected chi connectivity index (χ2v) is 4.55. The van der Waals surface area contributed by atoms with Gasteiger partial charge in [-0.1, -0.05) is 0 Å². The molecule has 0 aliphatic heterocycles. The molecule has 3 N–H and O–H groups in total. The number of carbonyl (C=O) groups excluding carboxylic acids is 1. The van der Waals surface area contributed by atoms with Crippen molar-refractivity contribution in [2.45, 2.75) is 19.6 Å². The highest BCUT2D eigenvalue weighted by Crippen LogP contribution is 2.16. The van der Waals surface area contributed by atoms with Gasteiger partial charge in [0, 0.05) is 25.1 Å². The maximum absolute atomic E-state index is 11.4. The van der Waals surface area contributed by atoms with Crippen LogP contribution in [0.2, 0.25) is 0 Å². The molecule has 1 aromatic heterocycles. The van der Waals surface area contributed by atoms with Gasteiger partial charge in [-0.05, 0) is 31.2 Å². The number of aryl methyl sites for hydroxylation is 1. The van der Waals surface area contributed by atoms with Crippen molar-refractivity contribution in [3.63, 3.8) is 0 Å². The SMILES string of the molecule is CC(N)C(=O)Nc1ccc(OCc2nccn2C)cc1. The topological polar surface area (TPSA) is 82.2 Å². The van der Waals surface area contributed by atoms with Crippen molar-refractivity contribution < 1.29 is 9.53 Å². The molecule has 1 amide bonds. The molecule has 2 rings (SSSR count). The molecular formula is C14H18N4O2. The molecule has 1 aromatic carbocycles. The van der Waals surface area contributed by atoms with E-state index < -0.39 is 6.04 Å². The number of benzene rings is 1. The molecule has 6 nitrogen and oxygen atoms in total. The Hall–Kier alpha value is -2.34. The molecule has 0 aliphatic carbocycles. The van der Waals surface area contributed by atoms with Gasteiger partial charge in [0.05, 0.1) is 6.04 Å². The van der Waals surface area contributed by atoms with Gasteiger partial charge in [-0.3, -0.25) is 4.79 Å². The predicted molar refractivity (Wildman–Crippen MR) is 76.3 cm³/mol. The summed E-state index contributed by atoms with van der Waals surface area (Å²) in [4.78, 5) is 15.6. The Balaban J connectivity index is 1.91. The Morgan fingerprint density at radius 3 is 2.70 bits per heavy atom. The van der Waals surface area contributed by atoms with E-state index in [9.17, 15) is 4.79 Å². The van der Waals surface area contributed by atoms with Crippen molar-refractivity contribution in [2.24, 2.45) is 12.8 Å². The molecule has 0 bridgehead atoms. The third-order valence-corrected chi connectivity index (χ3v) is 2.82. The number of amides is 1. The number of nitrogens with zero attached hydrogens (tertiary/aromatic N) is 2. The molecular weight excluding hydrogens is 256 g/mol. The summed E-state index contributed by atoms with van der Waals surface area (Å²) in [5.41, 5.74) is 6.18. The predicted octanol–water partition coefficient (Wildman–Crippen LogP) is 1.28. The van der Waals surface area contributed by atoms with Crippen LogP contribution in [0.15, 0.2) is 36.7 Å². The standard InChI is InChI=1S/C14H18N4O2/c1-10(15)14(19)17-11-3-5-12(6-4-11)20-9-13-16-7-8-18(13)2/h3-8,10H,9,15H2,1-2H3,(H,17,19). The number of imidazole rings is 1.